The van der Waals surface area contributed by atoms with Crippen LogP contribution in [0.4, 0.5) is 0 Å². The van der Waals surface area contributed by atoms with Gasteiger partial charge in [-0.1, -0.05) is 13.8 Å². The minimum atomic E-state index is -0.420. The molecular formula is C14H25N3O3. The fourth-order valence-electron chi connectivity index (χ4n) is 2.54. The first-order valence-electron chi connectivity index (χ1n) is 7.09. The first-order chi connectivity index (χ1) is 9.29. The summed E-state index contributed by atoms with van der Waals surface area (Å²) in [5, 5.41) is 5.64. The predicted molar refractivity (Wildman–Crippen MR) is 76.1 cm³/mol. The van der Waals surface area contributed by atoms with Crippen LogP contribution in [-0.2, 0) is 14.4 Å². The van der Waals surface area contributed by atoms with Crippen LogP contribution in [-0.4, -0.2) is 54.2 Å². The summed E-state index contributed by atoms with van der Waals surface area (Å²) in [5.74, 6) is -0.117. The lowest BCUT2D eigenvalue weighted by Crippen LogP contribution is -2.47. The van der Waals surface area contributed by atoms with Crippen molar-refractivity contribution in [2.24, 2.45) is 5.92 Å². The fraction of sp³-hybridized carbons (Fsp3) is 0.786. The zero-order valence-corrected chi connectivity index (χ0v) is 12.7. The van der Waals surface area contributed by atoms with Crippen LogP contribution in [0.3, 0.4) is 0 Å². The molecule has 0 aromatic carbocycles. The Labute approximate surface area is 120 Å². The molecule has 2 amide bonds. The van der Waals surface area contributed by atoms with Gasteiger partial charge in [0.05, 0.1) is 12.6 Å². The average molecular weight is 283 g/mol. The number of carbonyl (C=O) groups is 3. The number of nitrogens with zero attached hydrogens (tertiary/aromatic N) is 1. The maximum absolute atomic E-state index is 12.0. The zero-order chi connectivity index (χ0) is 15.3. The third-order valence-electron chi connectivity index (χ3n) is 3.47. The van der Waals surface area contributed by atoms with Crippen LogP contribution in [0.5, 0.6) is 0 Å². The van der Waals surface area contributed by atoms with Gasteiger partial charge in [0, 0.05) is 26.1 Å². The third kappa shape index (κ3) is 5.28. The van der Waals surface area contributed by atoms with Crippen LogP contribution in [0.2, 0.25) is 0 Å². The van der Waals surface area contributed by atoms with Crippen LogP contribution in [0.25, 0.3) is 0 Å². The van der Waals surface area contributed by atoms with Crippen LogP contribution >= 0.6 is 0 Å². The smallest absolute Gasteiger partial charge is 0.234 e. The molecule has 0 aliphatic carbocycles. The van der Waals surface area contributed by atoms with Crippen molar-refractivity contribution in [3.05, 3.63) is 0 Å². The van der Waals surface area contributed by atoms with Crippen molar-refractivity contribution >= 4 is 17.6 Å². The van der Waals surface area contributed by atoms with E-state index in [9.17, 15) is 14.4 Å². The minimum absolute atomic E-state index is 0.0223. The lowest BCUT2D eigenvalue weighted by atomic mass is 10.0. The number of hydrogen-bond donors (Lipinski definition) is 2. The van der Waals surface area contributed by atoms with E-state index in [4.69, 9.17) is 0 Å². The summed E-state index contributed by atoms with van der Waals surface area (Å²) in [6, 6.07) is -0.301. The first kappa shape index (κ1) is 16.6. The predicted octanol–water partition coefficient (Wildman–Crippen LogP) is -0.0734. The van der Waals surface area contributed by atoms with Crippen molar-refractivity contribution in [1.82, 2.24) is 15.5 Å². The summed E-state index contributed by atoms with van der Waals surface area (Å²) in [7, 11) is 0. The summed E-state index contributed by atoms with van der Waals surface area (Å²) in [6.07, 6.45) is 0.854. The maximum atomic E-state index is 12.0. The van der Waals surface area contributed by atoms with E-state index in [0.29, 0.717) is 6.54 Å². The summed E-state index contributed by atoms with van der Waals surface area (Å²) in [4.78, 5) is 36.4. The average Bonchev–Trinajstić information content (AvgIpc) is 2.71. The van der Waals surface area contributed by atoms with Gasteiger partial charge in [-0.05, 0) is 19.3 Å². The second-order valence-corrected chi connectivity index (χ2v) is 5.82. The van der Waals surface area contributed by atoms with Crippen molar-refractivity contribution < 1.29 is 14.4 Å². The van der Waals surface area contributed by atoms with E-state index in [1.807, 2.05) is 18.7 Å². The molecule has 20 heavy (non-hydrogen) atoms. The van der Waals surface area contributed by atoms with Gasteiger partial charge in [0.2, 0.25) is 11.8 Å². The van der Waals surface area contributed by atoms with Gasteiger partial charge in [-0.2, -0.15) is 0 Å². The second-order valence-electron chi connectivity index (χ2n) is 5.82. The Morgan fingerprint density at radius 3 is 2.40 bits per heavy atom. The van der Waals surface area contributed by atoms with Gasteiger partial charge >= 0.3 is 0 Å². The topological polar surface area (TPSA) is 78.5 Å². The molecule has 114 valence electrons. The summed E-state index contributed by atoms with van der Waals surface area (Å²) in [6.45, 7) is 8.55. The van der Waals surface area contributed by atoms with Crippen LogP contribution in [0.1, 0.15) is 34.1 Å². The molecule has 6 nitrogen and oxygen atoms in total. The van der Waals surface area contributed by atoms with Crippen LogP contribution in [0, 0.1) is 5.92 Å². The van der Waals surface area contributed by atoms with Gasteiger partial charge in [0.25, 0.3) is 0 Å². The number of nitrogens with one attached hydrogen (secondary N) is 2. The highest BCUT2D eigenvalue weighted by atomic mass is 16.2. The van der Waals surface area contributed by atoms with Gasteiger partial charge in [-0.15, -0.1) is 0 Å². The highest BCUT2D eigenvalue weighted by Crippen LogP contribution is 2.09. The van der Waals surface area contributed by atoms with Crippen molar-refractivity contribution in [2.75, 3.05) is 19.6 Å². The molecule has 6 heteroatoms. The molecule has 0 saturated carbocycles. The van der Waals surface area contributed by atoms with Crippen molar-refractivity contribution in [2.45, 2.75) is 46.2 Å². The molecule has 0 aromatic heterocycles. The standard InChI is InChI=1S/C14H25N3O3/c1-9(2)14(10(3)18)16-13(20)8-17-6-5-12(7-17)15-11(4)19/h9,12,14H,5-8H2,1-4H3,(H,15,19)(H,16,20). The van der Waals surface area contributed by atoms with Crippen LogP contribution < -0.4 is 10.6 Å². The Morgan fingerprint density at radius 1 is 1.25 bits per heavy atom. The second kappa shape index (κ2) is 7.38. The highest BCUT2D eigenvalue weighted by Gasteiger charge is 2.26. The number of ketones is 1. The number of likely N-dealkylation sites (tertiary alicyclic amines) is 1. The molecule has 1 aliphatic heterocycles. The molecule has 1 aliphatic rings. The lowest BCUT2D eigenvalue weighted by molar-refractivity contribution is -0.128. The van der Waals surface area contributed by atoms with Gasteiger partial charge in [0.1, 0.15) is 0 Å². The van der Waals surface area contributed by atoms with E-state index in [1.165, 1.54) is 13.8 Å². The minimum Gasteiger partial charge on any atom is -0.352 e. The van der Waals surface area contributed by atoms with Gasteiger partial charge in [-0.25, -0.2) is 0 Å². The van der Waals surface area contributed by atoms with Gasteiger partial charge < -0.3 is 10.6 Å². The van der Waals surface area contributed by atoms with E-state index < -0.39 is 6.04 Å². The highest BCUT2D eigenvalue weighted by molar-refractivity contribution is 5.88. The Kier molecular flexibility index (Phi) is 6.13. The zero-order valence-electron chi connectivity index (χ0n) is 12.7. The summed E-state index contributed by atoms with van der Waals surface area (Å²) < 4.78 is 0. The molecule has 2 N–H and O–H groups in total. The van der Waals surface area contributed by atoms with E-state index >= 15 is 0 Å². The molecule has 2 unspecified atom stereocenters. The van der Waals surface area contributed by atoms with Crippen molar-refractivity contribution in [1.29, 1.82) is 0 Å². The molecule has 0 aromatic rings. The van der Waals surface area contributed by atoms with Gasteiger partial charge in [0.15, 0.2) is 5.78 Å². The SMILES string of the molecule is CC(=O)NC1CCN(CC(=O)NC(C(C)=O)C(C)C)C1. The maximum Gasteiger partial charge on any atom is 0.234 e. The molecule has 0 radical (unpaired) electrons. The first-order valence-corrected chi connectivity index (χ1v) is 7.09. The normalized spacial score (nSPS) is 20.8. The van der Waals surface area contributed by atoms with E-state index in [1.54, 1.807) is 0 Å². The molecule has 2 atom stereocenters. The summed E-state index contributed by atoms with van der Waals surface area (Å²) >= 11 is 0. The summed E-state index contributed by atoms with van der Waals surface area (Å²) in [5.41, 5.74) is 0. The van der Waals surface area contributed by atoms with E-state index in [2.05, 4.69) is 10.6 Å². The quantitative estimate of drug-likeness (QED) is 0.715. The number of hydrogen-bond acceptors (Lipinski definition) is 4. The molecule has 1 rings (SSSR count). The molecular weight excluding hydrogens is 258 g/mol. The Morgan fingerprint density at radius 2 is 1.90 bits per heavy atom. The lowest BCUT2D eigenvalue weighted by Gasteiger charge is -2.22. The molecule has 0 bridgehead atoms. The Bertz CT molecular complexity index is 382. The molecule has 1 fully saturated rings. The molecule has 1 saturated heterocycles. The van der Waals surface area contributed by atoms with Crippen LogP contribution in [0.15, 0.2) is 0 Å². The molecule has 0 spiro atoms. The monoisotopic (exact) mass is 283 g/mol. The number of amides is 2. The van der Waals surface area contributed by atoms with Gasteiger partial charge in [-0.3, -0.25) is 19.3 Å². The van der Waals surface area contributed by atoms with Crippen molar-refractivity contribution in [3.63, 3.8) is 0 Å². The number of rotatable bonds is 6. The van der Waals surface area contributed by atoms with E-state index in [-0.39, 0.29) is 36.1 Å². The Hall–Kier alpha value is -1.43. The number of Topliss-reactive ketones (excluding diaryl/α,β-unsaturated/α-hetero) is 1. The largest absolute Gasteiger partial charge is 0.352 e. The third-order valence-corrected chi connectivity index (χ3v) is 3.47. The molecule has 1 heterocycles. The fourth-order valence-corrected chi connectivity index (χ4v) is 2.54. The van der Waals surface area contributed by atoms with E-state index in [0.717, 1.165) is 13.0 Å². The Balaban J connectivity index is 2.40. The number of carbonyl (C=O) groups excluding carboxylic acids is 3. The van der Waals surface area contributed by atoms with Crippen molar-refractivity contribution in [3.8, 4) is 0 Å².